The Morgan fingerprint density at radius 1 is 1.06 bits per heavy atom. The van der Waals surface area contributed by atoms with Gasteiger partial charge in [0.1, 0.15) is 23.3 Å². The third kappa shape index (κ3) is 4.49. The van der Waals surface area contributed by atoms with E-state index in [4.69, 9.17) is 21.1 Å². The molecule has 0 aliphatic carbocycles. The van der Waals surface area contributed by atoms with Crippen LogP contribution in [0.4, 0.5) is 11.4 Å². The smallest absolute Gasteiger partial charge is 0.268 e. The number of halogens is 1. The van der Waals surface area contributed by atoms with E-state index < -0.39 is 12.1 Å². The highest BCUT2D eigenvalue weighted by atomic mass is 35.5. The lowest BCUT2D eigenvalue weighted by Gasteiger charge is -2.36. The van der Waals surface area contributed by atoms with Gasteiger partial charge in [-0.05, 0) is 68.4 Å². The predicted molar refractivity (Wildman–Crippen MR) is 120 cm³/mol. The number of rotatable bonds is 5. The lowest BCUT2D eigenvalue weighted by Crippen LogP contribution is -2.52. The van der Waals surface area contributed by atoms with Crippen molar-refractivity contribution < 1.29 is 19.1 Å². The highest BCUT2D eigenvalue weighted by Gasteiger charge is 2.37. The average molecular weight is 437 g/mol. The molecule has 6 nitrogen and oxygen atoms in total. The molecule has 31 heavy (non-hydrogen) atoms. The van der Waals surface area contributed by atoms with Gasteiger partial charge in [0.2, 0.25) is 5.91 Å². The van der Waals surface area contributed by atoms with E-state index in [0.29, 0.717) is 27.9 Å². The van der Waals surface area contributed by atoms with Crippen molar-refractivity contribution in [2.75, 3.05) is 10.2 Å². The Balaban J connectivity index is 1.48. The largest absolute Gasteiger partial charge is 0.479 e. The van der Waals surface area contributed by atoms with Gasteiger partial charge in [0.15, 0.2) is 6.10 Å². The van der Waals surface area contributed by atoms with Crippen LogP contribution in [0.15, 0.2) is 72.8 Å². The van der Waals surface area contributed by atoms with Crippen molar-refractivity contribution in [3.05, 3.63) is 77.8 Å². The number of anilines is 2. The van der Waals surface area contributed by atoms with Gasteiger partial charge in [0.25, 0.3) is 5.91 Å². The van der Waals surface area contributed by atoms with Crippen molar-refractivity contribution >= 4 is 34.8 Å². The Morgan fingerprint density at radius 3 is 2.45 bits per heavy atom. The molecule has 3 aromatic carbocycles. The molecular weight excluding hydrogens is 416 g/mol. The zero-order valence-corrected chi connectivity index (χ0v) is 17.8. The molecule has 2 unspecified atom stereocenters. The van der Waals surface area contributed by atoms with Crippen molar-refractivity contribution in [2.45, 2.75) is 26.0 Å². The number of nitrogens with one attached hydrogen (secondary N) is 1. The van der Waals surface area contributed by atoms with Crippen molar-refractivity contribution in [1.82, 2.24) is 0 Å². The van der Waals surface area contributed by atoms with Gasteiger partial charge in [-0.1, -0.05) is 29.8 Å². The summed E-state index contributed by atoms with van der Waals surface area (Å²) < 4.78 is 11.4. The Kier molecular flexibility index (Phi) is 5.82. The third-order valence-corrected chi connectivity index (χ3v) is 5.17. The number of hydrogen-bond donors (Lipinski definition) is 1. The molecule has 0 radical (unpaired) electrons. The molecule has 0 aromatic heterocycles. The van der Waals surface area contributed by atoms with E-state index >= 15 is 0 Å². The molecule has 7 heteroatoms. The molecule has 158 valence electrons. The summed E-state index contributed by atoms with van der Waals surface area (Å²) in [7, 11) is 0. The summed E-state index contributed by atoms with van der Waals surface area (Å²) in [6.45, 7) is 3.33. The number of carbonyl (C=O) groups is 2. The van der Waals surface area contributed by atoms with E-state index in [1.807, 2.05) is 30.3 Å². The van der Waals surface area contributed by atoms with E-state index in [0.717, 1.165) is 5.75 Å². The van der Waals surface area contributed by atoms with Gasteiger partial charge in [-0.25, -0.2) is 0 Å². The van der Waals surface area contributed by atoms with E-state index in [1.165, 1.54) is 4.90 Å². The molecule has 0 fully saturated rings. The van der Waals surface area contributed by atoms with Crippen LogP contribution in [0.2, 0.25) is 5.02 Å². The molecular formula is C24H21ClN2O4. The predicted octanol–water partition coefficient (Wildman–Crippen LogP) is 5.27. The number of carbonyl (C=O) groups excluding carboxylic acids is 2. The summed E-state index contributed by atoms with van der Waals surface area (Å²) in [6, 6.07) is 20.7. The van der Waals surface area contributed by atoms with Crippen molar-refractivity contribution in [1.29, 1.82) is 0 Å². The van der Waals surface area contributed by atoms with Crippen LogP contribution in [-0.4, -0.2) is 24.0 Å². The van der Waals surface area contributed by atoms with Crippen LogP contribution < -0.4 is 19.7 Å². The summed E-state index contributed by atoms with van der Waals surface area (Å²) in [5, 5.41) is 3.30. The fraction of sp³-hybridized carbons (Fsp3) is 0.167. The monoisotopic (exact) mass is 436 g/mol. The first-order chi connectivity index (χ1) is 14.9. The maximum Gasteiger partial charge on any atom is 0.268 e. The van der Waals surface area contributed by atoms with Gasteiger partial charge in [-0.3, -0.25) is 14.5 Å². The number of fused-ring (bicyclic) bond motifs is 1. The fourth-order valence-electron chi connectivity index (χ4n) is 3.33. The molecule has 0 saturated heterocycles. The first-order valence-corrected chi connectivity index (χ1v) is 10.2. The van der Waals surface area contributed by atoms with Gasteiger partial charge >= 0.3 is 0 Å². The molecule has 1 aliphatic rings. The summed E-state index contributed by atoms with van der Waals surface area (Å²) in [6.07, 6.45) is -0.696. The quantitative estimate of drug-likeness (QED) is 0.591. The van der Waals surface area contributed by atoms with Gasteiger partial charge in [-0.2, -0.15) is 0 Å². The SMILES string of the molecule is CC1Oc2ccc(Cl)cc2N(C(C)C(=O)Nc2ccc(Oc3ccccc3)cc2)C1=O. The third-order valence-electron chi connectivity index (χ3n) is 4.94. The molecule has 0 spiro atoms. The molecule has 2 atom stereocenters. The van der Waals surface area contributed by atoms with Crippen LogP contribution in [-0.2, 0) is 9.59 Å². The first-order valence-electron chi connectivity index (χ1n) is 9.85. The maximum atomic E-state index is 12.9. The number of benzene rings is 3. The van der Waals surface area contributed by atoms with E-state index in [2.05, 4.69) is 5.32 Å². The van der Waals surface area contributed by atoms with Gasteiger partial charge < -0.3 is 14.8 Å². The Bertz CT molecular complexity index is 1100. The lowest BCUT2D eigenvalue weighted by atomic mass is 10.1. The second-order valence-corrected chi connectivity index (χ2v) is 7.62. The molecule has 0 saturated carbocycles. The zero-order valence-electron chi connectivity index (χ0n) is 17.0. The summed E-state index contributed by atoms with van der Waals surface area (Å²) >= 11 is 6.11. The minimum absolute atomic E-state index is 0.302. The minimum Gasteiger partial charge on any atom is -0.479 e. The van der Waals surface area contributed by atoms with Crippen molar-refractivity contribution in [2.24, 2.45) is 0 Å². The van der Waals surface area contributed by atoms with Crippen molar-refractivity contribution in [3.8, 4) is 17.2 Å². The van der Waals surface area contributed by atoms with Crippen LogP contribution in [0.3, 0.4) is 0 Å². The first kappa shape index (κ1) is 20.8. The van der Waals surface area contributed by atoms with Gasteiger partial charge in [0.05, 0.1) is 5.69 Å². The van der Waals surface area contributed by atoms with E-state index in [1.54, 1.807) is 56.3 Å². The average Bonchev–Trinajstić information content (AvgIpc) is 2.77. The number of hydrogen-bond acceptors (Lipinski definition) is 4. The van der Waals surface area contributed by atoms with Gasteiger partial charge in [-0.15, -0.1) is 0 Å². The highest BCUT2D eigenvalue weighted by Crippen LogP contribution is 2.37. The molecule has 2 amide bonds. The van der Waals surface area contributed by atoms with Crippen LogP contribution in [0.25, 0.3) is 0 Å². The Labute approximate surface area is 185 Å². The second-order valence-electron chi connectivity index (χ2n) is 7.19. The number of ether oxygens (including phenoxy) is 2. The van der Waals surface area contributed by atoms with Crippen LogP contribution in [0.5, 0.6) is 17.2 Å². The highest BCUT2D eigenvalue weighted by molar-refractivity contribution is 6.31. The molecule has 1 heterocycles. The van der Waals surface area contributed by atoms with Crippen LogP contribution in [0, 0.1) is 0 Å². The molecule has 1 aliphatic heterocycles. The lowest BCUT2D eigenvalue weighted by molar-refractivity contribution is -0.128. The topological polar surface area (TPSA) is 67.9 Å². The maximum absolute atomic E-state index is 12.9. The number of amides is 2. The summed E-state index contributed by atoms with van der Waals surface area (Å²) in [5.41, 5.74) is 1.07. The summed E-state index contributed by atoms with van der Waals surface area (Å²) in [4.78, 5) is 27.1. The van der Waals surface area contributed by atoms with Crippen LogP contribution >= 0.6 is 11.6 Å². The van der Waals surface area contributed by atoms with Crippen molar-refractivity contribution in [3.63, 3.8) is 0 Å². The second kappa shape index (κ2) is 8.70. The van der Waals surface area contributed by atoms with Crippen LogP contribution in [0.1, 0.15) is 13.8 Å². The van der Waals surface area contributed by atoms with E-state index in [-0.39, 0.29) is 11.8 Å². The van der Waals surface area contributed by atoms with E-state index in [9.17, 15) is 9.59 Å². The number of nitrogens with zero attached hydrogens (tertiary/aromatic N) is 1. The van der Waals surface area contributed by atoms with Gasteiger partial charge in [0, 0.05) is 10.7 Å². The molecule has 4 rings (SSSR count). The minimum atomic E-state index is -0.767. The normalized spacial score (nSPS) is 16.2. The zero-order chi connectivity index (χ0) is 22.0. The molecule has 0 bridgehead atoms. The molecule has 1 N–H and O–H groups in total. The fourth-order valence-corrected chi connectivity index (χ4v) is 3.49. The summed E-state index contributed by atoms with van der Waals surface area (Å²) in [5.74, 6) is 1.26. The standard InChI is InChI=1S/C24H21ClN2O4/c1-15(27-21-14-17(25)8-13-22(21)30-16(2)24(27)29)23(28)26-18-9-11-20(12-10-18)31-19-6-4-3-5-7-19/h3-16H,1-2H3,(H,26,28). The molecule has 3 aromatic rings. The Hall–Kier alpha value is -3.51. The Morgan fingerprint density at radius 2 is 1.74 bits per heavy atom. The number of para-hydroxylation sites is 1.